The number of rotatable bonds is 7. The second-order valence-corrected chi connectivity index (χ2v) is 10.8. The summed E-state index contributed by atoms with van der Waals surface area (Å²) >= 11 is 0. The molecule has 1 fully saturated rings. The Morgan fingerprint density at radius 1 is 1.14 bits per heavy atom. The lowest BCUT2D eigenvalue weighted by molar-refractivity contribution is -0.124. The van der Waals surface area contributed by atoms with Crippen molar-refractivity contribution in [3.63, 3.8) is 0 Å². The van der Waals surface area contributed by atoms with Gasteiger partial charge in [-0.1, -0.05) is 52.8 Å². The number of ketones is 2. The molecule has 8 atom stereocenters. The highest BCUT2D eigenvalue weighted by molar-refractivity contribution is 5.81. The van der Waals surface area contributed by atoms with Crippen molar-refractivity contribution in [3.8, 4) is 0 Å². The minimum absolute atomic E-state index is 0.185. The zero-order valence-corrected chi connectivity index (χ0v) is 19.3. The summed E-state index contributed by atoms with van der Waals surface area (Å²) in [6, 6.07) is 0. The smallest absolute Gasteiger partial charge is 0.135 e. The van der Waals surface area contributed by atoms with Gasteiger partial charge >= 0.3 is 0 Å². The van der Waals surface area contributed by atoms with Gasteiger partial charge in [-0.2, -0.15) is 0 Å². The van der Waals surface area contributed by atoms with Crippen LogP contribution >= 0.6 is 0 Å². The van der Waals surface area contributed by atoms with Crippen LogP contribution in [0.2, 0.25) is 0 Å². The van der Waals surface area contributed by atoms with Crippen molar-refractivity contribution in [2.45, 2.75) is 86.0 Å². The molecule has 0 spiro atoms. The van der Waals surface area contributed by atoms with Gasteiger partial charge in [-0.05, 0) is 79.1 Å². The molecule has 0 heterocycles. The summed E-state index contributed by atoms with van der Waals surface area (Å²) in [4.78, 5) is 24.9. The van der Waals surface area contributed by atoms with Crippen molar-refractivity contribution in [3.05, 3.63) is 23.8 Å². The van der Waals surface area contributed by atoms with Crippen LogP contribution in [0.25, 0.3) is 0 Å². The number of carbonyl (C=O) groups excluding carboxylic acids is 2. The van der Waals surface area contributed by atoms with Crippen LogP contribution in [0.3, 0.4) is 0 Å². The third-order valence-corrected chi connectivity index (χ3v) is 8.13. The normalized spacial score (nSPS) is 38.3. The molecule has 29 heavy (non-hydrogen) atoms. The van der Waals surface area contributed by atoms with Crippen LogP contribution in [0.15, 0.2) is 23.8 Å². The summed E-state index contributed by atoms with van der Waals surface area (Å²) in [6.07, 6.45) is 15.2. The SMILES string of the molecule is CCC(C)C(=O)CC1CC(C)C=C2C=CC(C)C(CCC3CC(=O)CC(C)C3)C21. The largest absolute Gasteiger partial charge is 0.300 e. The third-order valence-electron chi connectivity index (χ3n) is 8.13. The Morgan fingerprint density at radius 2 is 1.90 bits per heavy atom. The number of hydrogen-bond donors (Lipinski definition) is 0. The monoisotopic (exact) mass is 398 g/mol. The first-order valence-corrected chi connectivity index (χ1v) is 12.2. The lowest BCUT2D eigenvalue weighted by Gasteiger charge is -2.44. The summed E-state index contributed by atoms with van der Waals surface area (Å²) < 4.78 is 0. The molecule has 0 amide bonds. The summed E-state index contributed by atoms with van der Waals surface area (Å²) in [6.45, 7) is 11.1. The fraction of sp³-hybridized carbons (Fsp3) is 0.778. The zero-order chi connectivity index (χ0) is 21.1. The molecule has 3 aliphatic rings. The zero-order valence-electron chi connectivity index (χ0n) is 19.3. The van der Waals surface area contributed by atoms with Crippen molar-refractivity contribution in [2.75, 3.05) is 0 Å². The predicted octanol–water partition coefficient (Wildman–Crippen LogP) is 6.80. The van der Waals surface area contributed by atoms with E-state index in [-0.39, 0.29) is 5.92 Å². The molecule has 0 saturated heterocycles. The summed E-state index contributed by atoms with van der Waals surface area (Å²) in [5.41, 5.74) is 1.49. The van der Waals surface area contributed by atoms with Crippen LogP contribution in [-0.2, 0) is 9.59 Å². The van der Waals surface area contributed by atoms with Gasteiger partial charge in [0.2, 0.25) is 0 Å². The molecule has 2 nitrogen and oxygen atoms in total. The van der Waals surface area contributed by atoms with E-state index in [1.807, 2.05) is 0 Å². The Labute approximate surface area is 178 Å². The summed E-state index contributed by atoms with van der Waals surface area (Å²) in [5.74, 6) is 4.97. The first-order valence-electron chi connectivity index (χ1n) is 12.2. The quantitative estimate of drug-likeness (QED) is 0.472. The van der Waals surface area contributed by atoms with Gasteiger partial charge in [-0.15, -0.1) is 0 Å². The molecule has 0 radical (unpaired) electrons. The molecule has 1 saturated carbocycles. The molecule has 3 aliphatic carbocycles. The third kappa shape index (κ3) is 5.50. The Bertz CT molecular complexity index is 657. The first-order chi connectivity index (χ1) is 13.8. The Hall–Kier alpha value is -1.18. The molecule has 2 heteroatoms. The van der Waals surface area contributed by atoms with Gasteiger partial charge in [-0.3, -0.25) is 9.59 Å². The molecule has 8 unspecified atom stereocenters. The van der Waals surface area contributed by atoms with E-state index in [0.29, 0.717) is 53.0 Å². The fourth-order valence-corrected chi connectivity index (χ4v) is 6.42. The average molecular weight is 399 g/mol. The lowest BCUT2D eigenvalue weighted by atomic mass is 9.60. The van der Waals surface area contributed by atoms with E-state index in [9.17, 15) is 9.59 Å². The van der Waals surface area contributed by atoms with E-state index in [2.05, 4.69) is 52.8 Å². The number of allylic oxidation sites excluding steroid dienone is 4. The van der Waals surface area contributed by atoms with E-state index in [1.165, 1.54) is 24.8 Å². The van der Waals surface area contributed by atoms with Crippen LogP contribution in [-0.4, -0.2) is 11.6 Å². The van der Waals surface area contributed by atoms with Crippen LogP contribution in [0.5, 0.6) is 0 Å². The van der Waals surface area contributed by atoms with E-state index >= 15 is 0 Å². The Morgan fingerprint density at radius 3 is 2.59 bits per heavy atom. The Kier molecular flexibility index (Phi) is 7.57. The van der Waals surface area contributed by atoms with Gasteiger partial charge < -0.3 is 0 Å². The topological polar surface area (TPSA) is 34.1 Å². The highest BCUT2D eigenvalue weighted by atomic mass is 16.1. The maximum Gasteiger partial charge on any atom is 0.135 e. The number of Topliss-reactive ketones (excluding diaryl/α,β-unsaturated/α-hetero) is 2. The highest BCUT2D eigenvalue weighted by Gasteiger charge is 2.40. The molecule has 0 aliphatic heterocycles. The van der Waals surface area contributed by atoms with E-state index < -0.39 is 0 Å². The van der Waals surface area contributed by atoms with Crippen molar-refractivity contribution < 1.29 is 9.59 Å². The molecular weight excluding hydrogens is 356 g/mol. The molecule has 0 N–H and O–H groups in total. The lowest BCUT2D eigenvalue weighted by Crippen LogP contribution is -2.37. The van der Waals surface area contributed by atoms with Gasteiger partial charge in [0, 0.05) is 25.2 Å². The first kappa shape index (κ1) is 22.5. The van der Waals surface area contributed by atoms with Gasteiger partial charge in [0.25, 0.3) is 0 Å². The Balaban J connectivity index is 1.74. The maximum absolute atomic E-state index is 12.8. The summed E-state index contributed by atoms with van der Waals surface area (Å²) in [5, 5.41) is 0. The van der Waals surface area contributed by atoms with Crippen molar-refractivity contribution >= 4 is 11.6 Å². The highest BCUT2D eigenvalue weighted by Crippen LogP contribution is 2.48. The van der Waals surface area contributed by atoms with Crippen molar-refractivity contribution in [1.82, 2.24) is 0 Å². The molecule has 162 valence electrons. The average Bonchev–Trinajstić information content (AvgIpc) is 2.65. The molecular formula is C27H42O2. The van der Waals surface area contributed by atoms with Crippen LogP contribution in [0.4, 0.5) is 0 Å². The van der Waals surface area contributed by atoms with Crippen molar-refractivity contribution in [2.24, 2.45) is 47.3 Å². The van der Waals surface area contributed by atoms with Crippen LogP contribution in [0.1, 0.15) is 86.0 Å². The van der Waals surface area contributed by atoms with E-state index in [1.54, 1.807) is 0 Å². The van der Waals surface area contributed by atoms with Gasteiger partial charge in [0.1, 0.15) is 11.6 Å². The second kappa shape index (κ2) is 9.75. The predicted molar refractivity (Wildman–Crippen MR) is 120 cm³/mol. The fourth-order valence-electron chi connectivity index (χ4n) is 6.42. The minimum atomic E-state index is 0.185. The van der Waals surface area contributed by atoms with E-state index in [4.69, 9.17) is 0 Å². The minimum Gasteiger partial charge on any atom is -0.300 e. The second-order valence-electron chi connectivity index (χ2n) is 10.8. The summed E-state index contributed by atoms with van der Waals surface area (Å²) in [7, 11) is 0. The molecule has 0 aromatic rings. The van der Waals surface area contributed by atoms with Gasteiger partial charge in [-0.25, -0.2) is 0 Å². The maximum atomic E-state index is 12.8. The van der Waals surface area contributed by atoms with Crippen LogP contribution < -0.4 is 0 Å². The van der Waals surface area contributed by atoms with Crippen LogP contribution in [0, 0.1) is 47.3 Å². The number of hydrogen-bond acceptors (Lipinski definition) is 2. The number of fused-ring (bicyclic) bond motifs is 1. The molecule has 0 aromatic heterocycles. The van der Waals surface area contributed by atoms with Gasteiger partial charge in [0.05, 0.1) is 0 Å². The van der Waals surface area contributed by atoms with Crippen molar-refractivity contribution in [1.29, 1.82) is 0 Å². The number of carbonyl (C=O) groups is 2. The molecule has 3 rings (SSSR count). The molecule has 0 bridgehead atoms. The van der Waals surface area contributed by atoms with Gasteiger partial charge in [0.15, 0.2) is 0 Å². The molecule has 0 aromatic carbocycles. The van der Waals surface area contributed by atoms with E-state index in [0.717, 1.165) is 32.1 Å². The standard InChI is InChI=1S/C27H42O2/c1-6-19(4)26(29)16-23-13-18(3)12-22-9-7-20(5)25(27(22)23)10-8-21-11-17(2)14-24(28)15-21/h7,9,12,17-21,23,25,27H,6,8,10-11,13-16H2,1-5H3.